The highest BCUT2D eigenvalue weighted by molar-refractivity contribution is 6.30. The van der Waals surface area contributed by atoms with Gasteiger partial charge in [-0.25, -0.2) is 0 Å². The van der Waals surface area contributed by atoms with Crippen molar-refractivity contribution in [3.63, 3.8) is 0 Å². The molecule has 21 heavy (non-hydrogen) atoms. The summed E-state index contributed by atoms with van der Waals surface area (Å²) in [6, 6.07) is 9.31. The maximum Gasteiger partial charge on any atom is 0.0409 e. The monoisotopic (exact) mass is 310 g/mol. The average molecular weight is 311 g/mol. The lowest BCUT2D eigenvalue weighted by Crippen LogP contribution is -2.35. The summed E-state index contributed by atoms with van der Waals surface area (Å²) in [5.41, 5.74) is 1.30. The fourth-order valence-corrected chi connectivity index (χ4v) is 2.87. The van der Waals surface area contributed by atoms with Crippen molar-refractivity contribution < 1.29 is 0 Å². The van der Waals surface area contributed by atoms with Gasteiger partial charge in [-0.05, 0) is 57.0 Å². The van der Waals surface area contributed by atoms with Crippen LogP contribution < -0.4 is 5.32 Å². The maximum absolute atomic E-state index is 6.15. The quantitative estimate of drug-likeness (QED) is 0.662. The van der Waals surface area contributed by atoms with Gasteiger partial charge in [0.2, 0.25) is 0 Å². The Kier molecular flexibility index (Phi) is 8.98. The Labute approximate surface area is 135 Å². The summed E-state index contributed by atoms with van der Waals surface area (Å²) in [5.74, 6) is 0. The molecule has 1 N–H and O–H groups in total. The number of benzene rings is 1. The molecule has 0 aliphatic rings. The molecule has 0 fully saturated rings. The van der Waals surface area contributed by atoms with Crippen molar-refractivity contribution >= 4 is 11.6 Å². The van der Waals surface area contributed by atoms with Crippen LogP contribution in [0.5, 0.6) is 0 Å². The van der Waals surface area contributed by atoms with E-state index in [1.54, 1.807) is 0 Å². The van der Waals surface area contributed by atoms with Crippen LogP contribution in [-0.2, 0) is 0 Å². The highest BCUT2D eigenvalue weighted by Gasteiger charge is 2.15. The molecule has 2 atom stereocenters. The molecule has 0 amide bonds. The number of rotatable bonds is 10. The van der Waals surface area contributed by atoms with Crippen molar-refractivity contribution in [1.29, 1.82) is 0 Å². The number of nitrogens with one attached hydrogen (secondary N) is 1. The van der Waals surface area contributed by atoms with Crippen molar-refractivity contribution in [3.05, 3.63) is 34.9 Å². The molecular weight excluding hydrogens is 280 g/mol. The number of hydrogen-bond acceptors (Lipinski definition) is 2. The molecule has 1 rings (SSSR count). The minimum atomic E-state index is 0.391. The van der Waals surface area contributed by atoms with Gasteiger partial charge < -0.3 is 10.2 Å². The fourth-order valence-electron chi connectivity index (χ4n) is 2.67. The topological polar surface area (TPSA) is 15.3 Å². The van der Waals surface area contributed by atoms with Crippen LogP contribution in [0.3, 0.4) is 0 Å². The zero-order valence-electron chi connectivity index (χ0n) is 14.0. The molecule has 120 valence electrons. The third-order valence-electron chi connectivity index (χ3n) is 4.22. The highest BCUT2D eigenvalue weighted by Crippen LogP contribution is 2.21. The van der Waals surface area contributed by atoms with Gasteiger partial charge in [-0.1, -0.05) is 44.5 Å². The lowest BCUT2D eigenvalue weighted by atomic mass is 10.0. The van der Waals surface area contributed by atoms with Crippen molar-refractivity contribution in [1.82, 2.24) is 10.2 Å². The zero-order chi connectivity index (χ0) is 15.7. The minimum Gasteiger partial charge on any atom is -0.310 e. The van der Waals surface area contributed by atoms with Gasteiger partial charge in [-0.3, -0.25) is 0 Å². The van der Waals surface area contributed by atoms with Gasteiger partial charge in [-0.2, -0.15) is 0 Å². The highest BCUT2D eigenvalue weighted by atomic mass is 35.5. The predicted molar refractivity (Wildman–Crippen MR) is 94.1 cm³/mol. The molecule has 2 nitrogen and oxygen atoms in total. The van der Waals surface area contributed by atoms with Crippen LogP contribution in [0.15, 0.2) is 24.3 Å². The van der Waals surface area contributed by atoms with Crippen LogP contribution in [0, 0.1) is 0 Å². The smallest absolute Gasteiger partial charge is 0.0409 e. The number of halogens is 1. The molecule has 0 spiro atoms. The van der Waals surface area contributed by atoms with E-state index in [1.807, 2.05) is 12.1 Å². The summed E-state index contributed by atoms with van der Waals surface area (Å²) in [4.78, 5) is 2.56. The Bertz CT molecular complexity index is 395. The lowest BCUT2D eigenvalue weighted by Gasteiger charge is -2.29. The van der Waals surface area contributed by atoms with Crippen LogP contribution in [-0.4, -0.2) is 30.6 Å². The molecule has 2 unspecified atom stereocenters. The first kappa shape index (κ1) is 18.5. The predicted octanol–water partition coefficient (Wildman–Crippen LogP) is 4.89. The SMILES string of the molecule is CCCNC(CCN(CC)C(C)CC)c1cccc(Cl)c1. The van der Waals surface area contributed by atoms with Gasteiger partial charge in [0.15, 0.2) is 0 Å². The first-order chi connectivity index (χ1) is 10.1. The third kappa shape index (κ3) is 6.37. The van der Waals surface area contributed by atoms with Gasteiger partial charge in [0, 0.05) is 23.7 Å². The van der Waals surface area contributed by atoms with Crippen LogP contribution >= 0.6 is 11.6 Å². The zero-order valence-corrected chi connectivity index (χ0v) is 14.8. The van der Waals surface area contributed by atoms with Crippen molar-refractivity contribution in [2.24, 2.45) is 0 Å². The van der Waals surface area contributed by atoms with Gasteiger partial charge in [0.05, 0.1) is 0 Å². The van der Waals surface area contributed by atoms with E-state index >= 15 is 0 Å². The van der Waals surface area contributed by atoms with E-state index in [-0.39, 0.29) is 0 Å². The van der Waals surface area contributed by atoms with E-state index in [9.17, 15) is 0 Å². The largest absolute Gasteiger partial charge is 0.310 e. The molecule has 0 aliphatic carbocycles. The van der Waals surface area contributed by atoms with E-state index in [0.717, 1.165) is 37.5 Å². The summed E-state index contributed by atoms with van der Waals surface area (Å²) in [6.07, 6.45) is 3.48. The number of hydrogen-bond donors (Lipinski definition) is 1. The molecule has 0 heterocycles. The minimum absolute atomic E-state index is 0.391. The Hall–Kier alpha value is -0.570. The Morgan fingerprint density at radius 3 is 2.57 bits per heavy atom. The summed E-state index contributed by atoms with van der Waals surface area (Å²) >= 11 is 6.15. The van der Waals surface area contributed by atoms with E-state index in [2.05, 4.69) is 50.0 Å². The van der Waals surface area contributed by atoms with Crippen LogP contribution in [0.2, 0.25) is 5.02 Å². The Balaban J connectivity index is 2.69. The lowest BCUT2D eigenvalue weighted by molar-refractivity contribution is 0.203. The summed E-state index contributed by atoms with van der Waals surface area (Å²) in [7, 11) is 0. The molecule has 1 aromatic rings. The second-order valence-corrected chi connectivity index (χ2v) is 6.17. The first-order valence-corrected chi connectivity index (χ1v) is 8.73. The first-order valence-electron chi connectivity index (χ1n) is 8.35. The van der Waals surface area contributed by atoms with Crippen molar-refractivity contribution in [2.75, 3.05) is 19.6 Å². The second-order valence-electron chi connectivity index (χ2n) is 5.74. The summed E-state index contributed by atoms with van der Waals surface area (Å²) < 4.78 is 0. The van der Waals surface area contributed by atoms with E-state index in [4.69, 9.17) is 11.6 Å². The van der Waals surface area contributed by atoms with Crippen LogP contribution in [0.25, 0.3) is 0 Å². The van der Waals surface area contributed by atoms with Crippen LogP contribution in [0.4, 0.5) is 0 Å². The van der Waals surface area contributed by atoms with Crippen LogP contribution in [0.1, 0.15) is 58.6 Å². The number of nitrogens with zero attached hydrogens (tertiary/aromatic N) is 1. The molecule has 0 aliphatic heterocycles. The maximum atomic E-state index is 6.15. The molecule has 3 heteroatoms. The van der Waals surface area contributed by atoms with Crippen molar-refractivity contribution in [3.8, 4) is 0 Å². The standard InChI is InChI=1S/C18H31ClN2/c1-5-12-20-18(16-9-8-10-17(19)14-16)11-13-21(7-3)15(4)6-2/h8-10,14-15,18,20H,5-7,11-13H2,1-4H3. The van der Waals surface area contributed by atoms with Crippen molar-refractivity contribution in [2.45, 2.75) is 59.0 Å². The summed E-state index contributed by atoms with van der Waals surface area (Å²) in [6.45, 7) is 12.3. The summed E-state index contributed by atoms with van der Waals surface area (Å²) in [5, 5.41) is 4.49. The Morgan fingerprint density at radius 2 is 2.00 bits per heavy atom. The third-order valence-corrected chi connectivity index (χ3v) is 4.45. The normalized spacial score (nSPS) is 14.4. The molecule has 0 saturated heterocycles. The van der Waals surface area contributed by atoms with Gasteiger partial charge in [-0.15, -0.1) is 0 Å². The Morgan fingerprint density at radius 1 is 1.24 bits per heavy atom. The molecule has 1 aromatic carbocycles. The fraction of sp³-hybridized carbons (Fsp3) is 0.667. The van der Waals surface area contributed by atoms with Gasteiger partial charge in [0.25, 0.3) is 0 Å². The average Bonchev–Trinajstić information content (AvgIpc) is 2.50. The second kappa shape index (κ2) is 10.2. The van der Waals surface area contributed by atoms with Gasteiger partial charge in [0.1, 0.15) is 0 Å². The molecular formula is C18H31ClN2. The van der Waals surface area contributed by atoms with E-state index < -0.39 is 0 Å². The molecule has 0 radical (unpaired) electrons. The molecule has 0 saturated carbocycles. The molecule has 0 bridgehead atoms. The van der Waals surface area contributed by atoms with E-state index in [1.165, 1.54) is 12.0 Å². The van der Waals surface area contributed by atoms with E-state index in [0.29, 0.717) is 12.1 Å². The van der Waals surface area contributed by atoms with Gasteiger partial charge >= 0.3 is 0 Å². The molecule has 0 aromatic heterocycles.